The summed E-state index contributed by atoms with van der Waals surface area (Å²) < 4.78 is 1.68. The number of aromatic amines is 1. The second kappa shape index (κ2) is 4.33. The third-order valence-electron chi connectivity index (χ3n) is 4.96. The number of nitrogens with two attached hydrogens (primary N) is 1. The van der Waals surface area contributed by atoms with Crippen LogP contribution in [0.4, 0.5) is 0 Å². The van der Waals surface area contributed by atoms with Crippen LogP contribution in [-0.4, -0.2) is 20.6 Å². The smallest absolute Gasteiger partial charge is 0.328 e. The van der Waals surface area contributed by atoms with Crippen molar-refractivity contribution in [3.63, 3.8) is 0 Å². The zero-order valence-electron chi connectivity index (χ0n) is 11.4. The summed E-state index contributed by atoms with van der Waals surface area (Å²) in [6, 6.07) is 2.38. The predicted molar refractivity (Wildman–Crippen MR) is 79.4 cm³/mol. The number of aromatic nitrogens is 3. The molecule has 0 saturated heterocycles. The first kappa shape index (κ1) is 13.6. The molecule has 0 atom stereocenters. The fraction of sp³-hybridized carbons (Fsp3) is 0.571. The number of fused-ring (bicyclic) bond motifs is 1. The Morgan fingerprint density at radius 1 is 1.40 bits per heavy atom. The molecule has 6 heteroatoms. The minimum absolute atomic E-state index is 0. The lowest BCUT2D eigenvalue weighted by atomic mass is 9.49. The average molecular weight is 295 g/mol. The van der Waals surface area contributed by atoms with E-state index in [1.807, 2.05) is 19.2 Å². The highest BCUT2D eigenvalue weighted by Crippen LogP contribution is 2.61. The van der Waals surface area contributed by atoms with Crippen molar-refractivity contribution in [2.45, 2.75) is 44.6 Å². The number of rotatable bonds is 1. The third kappa shape index (κ3) is 1.73. The molecule has 1 spiro atoms. The number of aryl methyl sites for hydroxylation is 1. The van der Waals surface area contributed by atoms with Gasteiger partial charge in [-0.2, -0.15) is 5.10 Å². The molecule has 0 bridgehead atoms. The molecule has 2 aromatic heterocycles. The molecule has 3 N–H and O–H groups in total. The minimum atomic E-state index is -0.161. The van der Waals surface area contributed by atoms with Crippen molar-refractivity contribution in [3.05, 3.63) is 34.0 Å². The number of hydrogen-bond donors (Lipinski definition) is 2. The van der Waals surface area contributed by atoms with Gasteiger partial charge in [0.05, 0.1) is 11.2 Å². The third-order valence-corrected chi connectivity index (χ3v) is 4.96. The fourth-order valence-corrected chi connectivity index (χ4v) is 4.09. The molecular weight excluding hydrogens is 276 g/mol. The van der Waals surface area contributed by atoms with Crippen LogP contribution in [0.15, 0.2) is 17.1 Å². The summed E-state index contributed by atoms with van der Waals surface area (Å²) in [5, 5.41) is 6.93. The van der Waals surface area contributed by atoms with Gasteiger partial charge < -0.3 is 5.73 Å². The molecule has 2 saturated carbocycles. The van der Waals surface area contributed by atoms with Gasteiger partial charge in [0, 0.05) is 18.2 Å². The molecule has 20 heavy (non-hydrogen) atoms. The van der Waals surface area contributed by atoms with Crippen LogP contribution < -0.4 is 11.4 Å². The molecule has 0 amide bonds. The van der Waals surface area contributed by atoms with Crippen LogP contribution in [0.1, 0.15) is 42.9 Å². The number of halogens is 1. The minimum Gasteiger partial charge on any atom is -0.328 e. The Bertz CT molecular complexity index is 706. The predicted octanol–water partition coefficient (Wildman–Crippen LogP) is 1.74. The van der Waals surface area contributed by atoms with E-state index in [9.17, 15) is 4.79 Å². The lowest BCUT2D eigenvalue weighted by Crippen LogP contribution is -2.52. The Hall–Kier alpha value is -1.33. The maximum atomic E-state index is 11.7. The van der Waals surface area contributed by atoms with Gasteiger partial charge in [0.25, 0.3) is 0 Å². The largest absolute Gasteiger partial charge is 0.346 e. The van der Waals surface area contributed by atoms with Gasteiger partial charge in [0.15, 0.2) is 0 Å². The molecule has 2 fully saturated rings. The van der Waals surface area contributed by atoms with Gasteiger partial charge >= 0.3 is 5.69 Å². The topological polar surface area (TPSA) is 76.2 Å². The molecule has 108 valence electrons. The Labute approximate surface area is 123 Å². The van der Waals surface area contributed by atoms with Crippen LogP contribution in [0.5, 0.6) is 0 Å². The van der Waals surface area contributed by atoms with E-state index in [1.165, 1.54) is 12.8 Å². The second-order valence-electron chi connectivity index (χ2n) is 6.40. The van der Waals surface area contributed by atoms with Crippen LogP contribution >= 0.6 is 12.4 Å². The molecule has 0 radical (unpaired) electrons. The average Bonchev–Trinajstić information content (AvgIpc) is 2.67. The highest BCUT2D eigenvalue weighted by atomic mass is 35.5. The molecule has 0 aliphatic heterocycles. The van der Waals surface area contributed by atoms with E-state index in [2.05, 4.69) is 10.2 Å². The summed E-state index contributed by atoms with van der Waals surface area (Å²) in [6.45, 7) is 2.04. The maximum absolute atomic E-state index is 11.7. The number of H-pyrrole nitrogens is 1. The van der Waals surface area contributed by atoms with E-state index in [0.717, 1.165) is 29.6 Å². The molecular formula is C14H19ClN4O. The highest BCUT2D eigenvalue weighted by Gasteiger charge is 2.52. The Morgan fingerprint density at radius 2 is 2.10 bits per heavy atom. The Morgan fingerprint density at radius 3 is 2.75 bits per heavy atom. The van der Waals surface area contributed by atoms with Crippen molar-refractivity contribution < 1.29 is 0 Å². The Kier molecular flexibility index (Phi) is 2.95. The number of nitrogens with one attached hydrogen (secondary N) is 1. The van der Waals surface area contributed by atoms with Gasteiger partial charge in [-0.15, -0.1) is 12.4 Å². The lowest BCUT2D eigenvalue weighted by molar-refractivity contribution is -0.00936. The van der Waals surface area contributed by atoms with Crippen molar-refractivity contribution in [2.24, 2.45) is 11.1 Å². The van der Waals surface area contributed by atoms with Gasteiger partial charge in [-0.25, -0.2) is 9.89 Å². The normalized spacial score (nSPS) is 31.7. The maximum Gasteiger partial charge on any atom is 0.346 e. The van der Waals surface area contributed by atoms with E-state index in [4.69, 9.17) is 5.73 Å². The molecule has 2 aliphatic rings. The summed E-state index contributed by atoms with van der Waals surface area (Å²) in [4.78, 5) is 11.7. The van der Waals surface area contributed by atoms with Crippen LogP contribution in [-0.2, 0) is 0 Å². The zero-order chi connectivity index (χ0) is 13.2. The molecule has 2 heterocycles. The monoisotopic (exact) mass is 294 g/mol. The second-order valence-corrected chi connectivity index (χ2v) is 6.40. The van der Waals surface area contributed by atoms with Gasteiger partial charge in [-0.05, 0) is 49.7 Å². The summed E-state index contributed by atoms with van der Waals surface area (Å²) in [7, 11) is 0. The first-order valence-corrected chi connectivity index (χ1v) is 6.90. The van der Waals surface area contributed by atoms with Crippen LogP contribution in [0.25, 0.3) is 5.52 Å². The quantitative estimate of drug-likeness (QED) is 0.841. The first-order valence-electron chi connectivity index (χ1n) is 6.90. The van der Waals surface area contributed by atoms with Crippen LogP contribution in [0, 0.1) is 12.3 Å². The van der Waals surface area contributed by atoms with Gasteiger partial charge in [-0.1, -0.05) is 0 Å². The van der Waals surface area contributed by atoms with Gasteiger partial charge in [0.1, 0.15) is 0 Å². The SMILES string of the molecule is Cc1ccn2c(=O)[nH]nc(C3CC4(CC(N)C4)C3)c12.Cl. The van der Waals surface area contributed by atoms with E-state index >= 15 is 0 Å². The van der Waals surface area contributed by atoms with Crippen molar-refractivity contribution in [3.8, 4) is 0 Å². The van der Waals surface area contributed by atoms with Crippen molar-refractivity contribution >= 4 is 17.9 Å². The molecule has 2 aliphatic carbocycles. The highest BCUT2D eigenvalue weighted by molar-refractivity contribution is 5.85. The fourth-order valence-electron chi connectivity index (χ4n) is 4.09. The number of hydrogen-bond acceptors (Lipinski definition) is 3. The summed E-state index contributed by atoms with van der Waals surface area (Å²) >= 11 is 0. The summed E-state index contributed by atoms with van der Waals surface area (Å²) in [6.07, 6.45) is 6.47. The lowest BCUT2D eigenvalue weighted by Gasteiger charge is -2.56. The van der Waals surface area contributed by atoms with E-state index in [-0.39, 0.29) is 18.1 Å². The molecule has 0 aromatic carbocycles. The molecule has 4 rings (SSSR count). The van der Waals surface area contributed by atoms with Gasteiger partial charge in [-0.3, -0.25) is 4.40 Å². The molecule has 0 unspecified atom stereocenters. The van der Waals surface area contributed by atoms with Crippen LogP contribution in [0.2, 0.25) is 0 Å². The van der Waals surface area contributed by atoms with Crippen molar-refractivity contribution in [1.29, 1.82) is 0 Å². The zero-order valence-corrected chi connectivity index (χ0v) is 12.2. The Balaban J connectivity index is 0.00000121. The standard InChI is InChI=1S/C14H18N4O.ClH/c1-8-2-3-18-12(8)11(16-17-13(18)19)9-4-14(5-9)6-10(15)7-14;/h2-3,9-10H,4-7,15H2,1H3,(H,17,19);1H. The molecule has 5 nitrogen and oxygen atoms in total. The van der Waals surface area contributed by atoms with Gasteiger partial charge in [0.2, 0.25) is 0 Å². The van der Waals surface area contributed by atoms with Crippen molar-refractivity contribution in [2.75, 3.05) is 0 Å². The van der Waals surface area contributed by atoms with E-state index < -0.39 is 0 Å². The first-order chi connectivity index (χ1) is 9.08. The summed E-state index contributed by atoms with van der Waals surface area (Å²) in [5.41, 5.74) is 9.39. The molecule has 2 aromatic rings. The number of nitrogens with zero attached hydrogens (tertiary/aromatic N) is 2. The summed E-state index contributed by atoms with van der Waals surface area (Å²) in [5.74, 6) is 0.473. The van der Waals surface area contributed by atoms with Crippen molar-refractivity contribution in [1.82, 2.24) is 14.6 Å². The van der Waals surface area contributed by atoms with Crippen LogP contribution in [0.3, 0.4) is 0 Å². The van der Waals surface area contributed by atoms with E-state index in [1.54, 1.807) is 4.40 Å². The van der Waals surface area contributed by atoms with E-state index in [0.29, 0.717) is 17.4 Å².